The van der Waals surface area contributed by atoms with Gasteiger partial charge in [0.2, 0.25) is 11.8 Å². The van der Waals surface area contributed by atoms with Crippen LogP contribution in [0.3, 0.4) is 0 Å². The second kappa shape index (κ2) is 3.68. The zero-order chi connectivity index (χ0) is 10.8. The third-order valence-corrected chi connectivity index (χ3v) is 2.42. The van der Waals surface area contributed by atoms with Gasteiger partial charge < -0.3 is 5.73 Å². The van der Waals surface area contributed by atoms with Gasteiger partial charge in [-0.05, 0) is 18.1 Å². The van der Waals surface area contributed by atoms with E-state index in [0.717, 1.165) is 5.56 Å². The maximum atomic E-state index is 11.5. The Morgan fingerprint density at radius 1 is 1.40 bits per heavy atom. The molecule has 0 spiro atoms. The van der Waals surface area contributed by atoms with Crippen LogP contribution in [0.2, 0.25) is 0 Å². The molecule has 1 aromatic heterocycles. The number of hydrogen-bond acceptors (Lipinski definition) is 4. The minimum absolute atomic E-state index is 0.215. The Labute approximate surface area is 86.7 Å². The summed E-state index contributed by atoms with van der Waals surface area (Å²) in [5.74, 6) is -0.787. The van der Waals surface area contributed by atoms with Gasteiger partial charge in [-0.1, -0.05) is 0 Å². The number of carbonyl (C=O) groups is 2. The van der Waals surface area contributed by atoms with E-state index in [2.05, 4.69) is 10.3 Å². The first kappa shape index (κ1) is 9.64. The quantitative estimate of drug-likeness (QED) is 0.640. The zero-order valence-electron chi connectivity index (χ0n) is 8.06. The van der Waals surface area contributed by atoms with Crippen LogP contribution in [0.15, 0.2) is 18.5 Å². The number of piperidine rings is 1. The van der Waals surface area contributed by atoms with Crippen LogP contribution in [-0.4, -0.2) is 16.8 Å². The maximum Gasteiger partial charge on any atom is 0.234 e. The summed E-state index contributed by atoms with van der Waals surface area (Å²) in [7, 11) is 0. The maximum absolute atomic E-state index is 11.5. The van der Waals surface area contributed by atoms with Crippen LogP contribution in [0.1, 0.15) is 24.3 Å². The Hall–Kier alpha value is -1.91. The van der Waals surface area contributed by atoms with Crippen molar-refractivity contribution in [2.24, 2.45) is 0 Å². The van der Waals surface area contributed by atoms with Crippen molar-refractivity contribution in [3.8, 4) is 0 Å². The Bertz CT molecular complexity index is 417. The van der Waals surface area contributed by atoms with Crippen molar-refractivity contribution in [1.29, 1.82) is 0 Å². The molecule has 0 aliphatic carbocycles. The van der Waals surface area contributed by atoms with E-state index in [-0.39, 0.29) is 17.7 Å². The van der Waals surface area contributed by atoms with Crippen molar-refractivity contribution in [2.45, 2.75) is 18.8 Å². The van der Waals surface area contributed by atoms with E-state index < -0.39 is 0 Å². The first-order valence-electron chi connectivity index (χ1n) is 4.71. The molecule has 1 unspecified atom stereocenters. The van der Waals surface area contributed by atoms with Crippen LogP contribution in [0, 0.1) is 0 Å². The van der Waals surface area contributed by atoms with Gasteiger partial charge in [-0.25, -0.2) is 0 Å². The average Bonchev–Trinajstić information content (AvgIpc) is 2.17. The molecule has 1 aromatic rings. The highest BCUT2D eigenvalue weighted by atomic mass is 16.2. The summed E-state index contributed by atoms with van der Waals surface area (Å²) < 4.78 is 0. The van der Waals surface area contributed by atoms with Crippen LogP contribution < -0.4 is 11.1 Å². The predicted octanol–water partition coefficient (Wildman–Crippen LogP) is 0.184. The van der Waals surface area contributed by atoms with E-state index in [4.69, 9.17) is 5.73 Å². The highest BCUT2D eigenvalue weighted by Gasteiger charge is 2.27. The fraction of sp³-hybridized carbons (Fsp3) is 0.300. The van der Waals surface area contributed by atoms with Gasteiger partial charge in [0, 0.05) is 18.8 Å². The zero-order valence-corrected chi connectivity index (χ0v) is 8.06. The standard InChI is InChI=1S/C10H11N3O2/c11-7-3-6(4-12-5-7)8-1-2-9(14)13-10(8)15/h3-5,8H,1-2,11H2,(H,13,14,15). The first-order chi connectivity index (χ1) is 7.16. The second-order valence-corrected chi connectivity index (χ2v) is 3.56. The monoisotopic (exact) mass is 205 g/mol. The molecule has 1 aliphatic rings. The molecular weight excluding hydrogens is 194 g/mol. The van der Waals surface area contributed by atoms with Crippen molar-refractivity contribution in [1.82, 2.24) is 10.3 Å². The fourth-order valence-corrected chi connectivity index (χ4v) is 1.68. The van der Waals surface area contributed by atoms with Crippen LogP contribution in [-0.2, 0) is 9.59 Å². The number of nitrogens with two attached hydrogens (primary N) is 1. The van der Waals surface area contributed by atoms with E-state index >= 15 is 0 Å². The SMILES string of the molecule is Nc1cncc(C2CCC(=O)NC2=O)c1. The van der Waals surface area contributed by atoms with Gasteiger partial charge in [-0.2, -0.15) is 0 Å². The number of amides is 2. The molecule has 0 saturated carbocycles. The van der Waals surface area contributed by atoms with Crippen molar-refractivity contribution in [2.75, 3.05) is 5.73 Å². The summed E-state index contributed by atoms with van der Waals surface area (Å²) in [5, 5.41) is 2.30. The van der Waals surface area contributed by atoms with Crippen molar-refractivity contribution in [3.05, 3.63) is 24.0 Å². The number of nitrogens with zero attached hydrogens (tertiary/aromatic N) is 1. The summed E-state index contributed by atoms with van der Waals surface area (Å²) >= 11 is 0. The number of imide groups is 1. The topological polar surface area (TPSA) is 85.1 Å². The average molecular weight is 205 g/mol. The van der Waals surface area contributed by atoms with Crippen molar-refractivity contribution in [3.63, 3.8) is 0 Å². The number of anilines is 1. The number of nitrogen functional groups attached to an aromatic ring is 1. The lowest BCUT2D eigenvalue weighted by atomic mass is 9.91. The second-order valence-electron chi connectivity index (χ2n) is 3.56. The molecule has 0 bridgehead atoms. The van der Waals surface area contributed by atoms with Gasteiger partial charge in [0.1, 0.15) is 0 Å². The molecule has 2 heterocycles. The molecule has 0 radical (unpaired) electrons. The van der Waals surface area contributed by atoms with Gasteiger partial charge in [0.15, 0.2) is 0 Å². The Balaban J connectivity index is 2.24. The third-order valence-electron chi connectivity index (χ3n) is 2.42. The molecule has 1 atom stereocenters. The van der Waals surface area contributed by atoms with Crippen molar-refractivity contribution < 1.29 is 9.59 Å². The minimum atomic E-state index is -0.307. The summed E-state index contributed by atoms with van der Waals surface area (Å²) in [4.78, 5) is 26.4. The lowest BCUT2D eigenvalue weighted by Crippen LogP contribution is -2.39. The molecule has 1 aliphatic heterocycles. The number of pyridine rings is 1. The van der Waals surface area contributed by atoms with Crippen LogP contribution in [0.5, 0.6) is 0 Å². The Morgan fingerprint density at radius 2 is 2.20 bits per heavy atom. The highest BCUT2D eigenvalue weighted by molar-refractivity contribution is 6.00. The molecule has 2 amide bonds. The number of carbonyl (C=O) groups excluding carboxylic acids is 2. The van der Waals surface area contributed by atoms with Gasteiger partial charge >= 0.3 is 0 Å². The molecule has 0 aromatic carbocycles. The smallest absolute Gasteiger partial charge is 0.234 e. The number of nitrogens with one attached hydrogen (secondary N) is 1. The van der Waals surface area contributed by atoms with Gasteiger partial charge in [-0.3, -0.25) is 19.9 Å². The summed E-state index contributed by atoms with van der Waals surface area (Å²) in [6.45, 7) is 0. The number of hydrogen-bond donors (Lipinski definition) is 2. The first-order valence-corrected chi connectivity index (χ1v) is 4.71. The molecule has 78 valence electrons. The van der Waals surface area contributed by atoms with Crippen molar-refractivity contribution >= 4 is 17.5 Å². The number of aromatic nitrogens is 1. The van der Waals surface area contributed by atoms with E-state index in [0.29, 0.717) is 18.5 Å². The summed E-state index contributed by atoms with van der Waals surface area (Å²) in [6, 6.07) is 1.72. The van der Waals surface area contributed by atoms with Gasteiger partial charge in [-0.15, -0.1) is 0 Å². The molecule has 5 nitrogen and oxygen atoms in total. The normalized spacial score (nSPS) is 21.2. The van der Waals surface area contributed by atoms with Crippen LogP contribution in [0.25, 0.3) is 0 Å². The molecule has 2 rings (SSSR count). The largest absolute Gasteiger partial charge is 0.397 e. The molecule has 15 heavy (non-hydrogen) atoms. The van der Waals surface area contributed by atoms with Crippen LogP contribution >= 0.6 is 0 Å². The van der Waals surface area contributed by atoms with Gasteiger partial charge in [0.05, 0.1) is 11.6 Å². The summed E-state index contributed by atoms with van der Waals surface area (Å²) in [6.07, 6.45) is 4.02. The lowest BCUT2D eigenvalue weighted by molar-refractivity contribution is -0.134. The molecule has 3 N–H and O–H groups in total. The van der Waals surface area contributed by atoms with Gasteiger partial charge in [0.25, 0.3) is 0 Å². The fourth-order valence-electron chi connectivity index (χ4n) is 1.68. The van der Waals surface area contributed by atoms with E-state index in [1.807, 2.05) is 0 Å². The van der Waals surface area contributed by atoms with Crippen LogP contribution in [0.4, 0.5) is 5.69 Å². The molecule has 1 fully saturated rings. The number of rotatable bonds is 1. The molecule has 5 heteroatoms. The van der Waals surface area contributed by atoms with E-state index in [1.54, 1.807) is 12.3 Å². The minimum Gasteiger partial charge on any atom is -0.397 e. The Kier molecular flexibility index (Phi) is 2.37. The summed E-state index contributed by atoms with van der Waals surface area (Å²) in [5.41, 5.74) is 6.87. The predicted molar refractivity (Wildman–Crippen MR) is 53.8 cm³/mol. The van der Waals surface area contributed by atoms with E-state index in [1.165, 1.54) is 6.20 Å². The highest BCUT2D eigenvalue weighted by Crippen LogP contribution is 2.24. The molecular formula is C10H11N3O2. The Morgan fingerprint density at radius 3 is 2.87 bits per heavy atom. The van der Waals surface area contributed by atoms with E-state index in [9.17, 15) is 9.59 Å². The third kappa shape index (κ3) is 1.96. The lowest BCUT2D eigenvalue weighted by Gasteiger charge is -2.20. The molecule has 1 saturated heterocycles.